The van der Waals surface area contributed by atoms with Crippen LogP contribution in [-0.4, -0.2) is 6.04 Å². The second-order valence-corrected chi connectivity index (χ2v) is 5.41. The first-order chi connectivity index (χ1) is 9.24. The Labute approximate surface area is 120 Å². The van der Waals surface area contributed by atoms with Crippen molar-refractivity contribution in [2.75, 3.05) is 0 Å². The summed E-state index contributed by atoms with van der Waals surface area (Å²) in [4.78, 5) is 0. The zero-order chi connectivity index (χ0) is 13.5. The van der Waals surface area contributed by atoms with Gasteiger partial charge in [0, 0.05) is 11.1 Å². The first-order valence-corrected chi connectivity index (χ1v) is 7.16. The molecular weight excluding hydrogens is 254 g/mol. The van der Waals surface area contributed by atoms with E-state index in [0.29, 0.717) is 0 Å². The molecule has 2 rings (SSSR count). The SMILES string of the molecule is NC(CCCc1ccccc1)Cc1cccc(Cl)c1. The number of hydrogen-bond acceptors (Lipinski definition) is 1. The van der Waals surface area contributed by atoms with Gasteiger partial charge in [0.05, 0.1) is 0 Å². The summed E-state index contributed by atoms with van der Waals surface area (Å²) in [6.07, 6.45) is 4.17. The predicted octanol–water partition coefficient (Wildman–Crippen LogP) is 4.23. The molecule has 0 heterocycles. The molecule has 0 aliphatic carbocycles. The van der Waals surface area contributed by atoms with E-state index in [-0.39, 0.29) is 6.04 Å². The minimum Gasteiger partial charge on any atom is -0.327 e. The zero-order valence-electron chi connectivity index (χ0n) is 11.1. The standard InChI is InChI=1S/C17H20ClN/c18-16-10-4-9-15(12-16)13-17(19)11-5-8-14-6-2-1-3-7-14/h1-4,6-7,9-10,12,17H,5,8,11,13,19H2. The minimum atomic E-state index is 0.210. The van der Waals surface area contributed by atoms with Crippen LogP contribution in [0.25, 0.3) is 0 Å². The fraction of sp³-hybridized carbons (Fsp3) is 0.294. The highest BCUT2D eigenvalue weighted by molar-refractivity contribution is 6.30. The Balaban J connectivity index is 1.74. The molecule has 100 valence electrons. The molecule has 2 aromatic rings. The van der Waals surface area contributed by atoms with E-state index in [0.717, 1.165) is 30.7 Å². The molecule has 0 radical (unpaired) electrons. The lowest BCUT2D eigenvalue weighted by atomic mass is 10.00. The average molecular weight is 274 g/mol. The Hall–Kier alpha value is -1.31. The van der Waals surface area contributed by atoms with Crippen LogP contribution in [0.4, 0.5) is 0 Å². The molecule has 0 amide bonds. The maximum absolute atomic E-state index is 6.18. The van der Waals surface area contributed by atoms with Gasteiger partial charge in [-0.3, -0.25) is 0 Å². The monoisotopic (exact) mass is 273 g/mol. The summed E-state index contributed by atoms with van der Waals surface area (Å²) in [6.45, 7) is 0. The van der Waals surface area contributed by atoms with Crippen molar-refractivity contribution in [1.82, 2.24) is 0 Å². The normalized spacial score (nSPS) is 12.3. The van der Waals surface area contributed by atoms with Crippen molar-refractivity contribution >= 4 is 11.6 Å². The zero-order valence-corrected chi connectivity index (χ0v) is 11.8. The molecule has 0 bridgehead atoms. The van der Waals surface area contributed by atoms with Crippen molar-refractivity contribution in [3.8, 4) is 0 Å². The molecule has 0 saturated heterocycles. The van der Waals surface area contributed by atoms with Crippen molar-refractivity contribution in [2.24, 2.45) is 5.73 Å². The van der Waals surface area contributed by atoms with Crippen LogP contribution in [0, 0.1) is 0 Å². The molecule has 2 heteroatoms. The number of hydrogen-bond donors (Lipinski definition) is 1. The van der Waals surface area contributed by atoms with E-state index in [9.17, 15) is 0 Å². The Morgan fingerprint density at radius 2 is 1.68 bits per heavy atom. The number of halogens is 1. The lowest BCUT2D eigenvalue weighted by molar-refractivity contribution is 0.580. The number of nitrogens with two attached hydrogens (primary N) is 1. The highest BCUT2D eigenvalue weighted by Gasteiger charge is 2.04. The molecule has 0 aliphatic heterocycles. The predicted molar refractivity (Wildman–Crippen MR) is 82.5 cm³/mol. The molecule has 19 heavy (non-hydrogen) atoms. The summed E-state index contributed by atoms with van der Waals surface area (Å²) in [5.74, 6) is 0. The van der Waals surface area contributed by atoms with Gasteiger partial charge in [0.15, 0.2) is 0 Å². The van der Waals surface area contributed by atoms with Gasteiger partial charge < -0.3 is 5.73 Å². The van der Waals surface area contributed by atoms with Crippen molar-refractivity contribution < 1.29 is 0 Å². The van der Waals surface area contributed by atoms with Gasteiger partial charge in [0.25, 0.3) is 0 Å². The van der Waals surface area contributed by atoms with Gasteiger partial charge in [-0.1, -0.05) is 54.1 Å². The van der Waals surface area contributed by atoms with E-state index in [1.54, 1.807) is 0 Å². The van der Waals surface area contributed by atoms with Gasteiger partial charge in [-0.05, 0) is 48.9 Å². The first kappa shape index (κ1) is 14.1. The fourth-order valence-electron chi connectivity index (χ4n) is 2.28. The Kier molecular flexibility index (Phi) is 5.44. The first-order valence-electron chi connectivity index (χ1n) is 6.78. The maximum Gasteiger partial charge on any atom is 0.0408 e. The van der Waals surface area contributed by atoms with E-state index in [2.05, 4.69) is 30.3 Å². The molecule has 1 unspecified atom stereocenters. The third kappa shape index (κ3) is 5.06. The quantitative estimate of drug-likeness (QED) is 0.837. The van der Waals surface area contributed by atoms with E-state index in [1.807, 2.05) is 24.3 Å². The van der Waals surface area contributed by atoms with E-state index >= 15 is 0 Å². The Bertz CT molecular complexity index is 496. The number of aryl methyl sites for hydroxylation is 1. The van der Waals surface area contributed by atoms with Crippen molar-refractivity contribution in [1.29, 1.82) is 0 Å². The molecule has 2 N–H and O–H groups in total. The number of benzene rings is 2. The Morgan fingerprint density at radius 1 is 0.947 bits per heavy atom. The van der Waals surface area contributed by atoms with Crippen LogP contribution in [0.2, 0.25) is 5.02 Å². The average Bonchev–Trinajstić information content (AvgIpc) is 2.40. The summed E-state index contributed by atoms with van der Waals surface area (Å²) >= 11 is 5.97. The summed E-state index contributed by atoms with van der Waals surface area (Å²) in [6, 6.07) is 18.7. The van der Waals surface area contributed by atoms with Crippen LogP contribution in [0.15, 0.2) is 54.6 Å². The third-order valence-electron chi connectivity index (χ3n) is 3.27. The molecule has 0 aromatic heterocycles. The molecule has 0 saturated carbocycles. The molecule has 2 aromatic carbocycles. The lowest BCUT2D eigenvalue weighted by Crippen LogP contribution is -2.22. The van der Waals surface area contributed by atoms with Gasteiger partial charge >= 0.3 is 0 Å². The summed E-state index contributed by atoms with van der Waals surface area (Å²) in [7, 11) is 0. The van der Waals surface area contributed by atoms with E-state index in [1.165, 1.54) is 11.1 Å². The smallest absolute Gasteiger partial charge is 0.0408 e. The molecular formula is C17H20ClN. The molecule has 1 nitrogen and oxygen atoms in total. The molecule has 0 spiro atoms. The third-order valence-corrected chi connectivity index (χ3v) is 3.51. The summed E-state index contributed by atoms with van der Waals surface area (Å²) < 4.78 is 0. The number of rotatable bonds is 6. The molecule has 0 fully saturated rings. The van der Waals surface area contributed by atoms with E-state index in [4.69, 9.17) is 17.3 Å². The van der Waals surface area contributed by atoms with Gasteiger partial charge in [-0.25, -0.2) is 0 Å². The highest BCUT2D eigenvalue weighted by Crippen LogP contribution is 2.14. The van der Waals surface area contributed by atoms with Crippen LogP contribution in [0.5, 0.6) is 0 Å². The summed E-state index contributed by atoms with van der Waals surface area (Å²) in [5.41, 5.74) is 8.79. The fourth-order valence-corrected chi connectivity index (χ4v) is 2.49. The minimum absolute atomic E-state index is 0.210. The maximum atomic E-state index is 6.18. The van der Waals surface area contributed by atoms with Crippen LogP contribution >= 0.6 is 11.6 Å². The Morgan fingerprint density at radius 3 is 2.42 bits per heavy atom. The highest BCUT2D eigenvalue weighted by atomic mass is 35.5. The largest absolute Gasteiger partial charge is 0.327 e. The topological polar surface area (TPSA) is 26.0 Å². The van der Waals surface area contributed by atoms with Crippen molar-refractivity contribution in [2.45, 2.75) is 31.7 Å². The van der Waals surface area contributed by atoms with Gasteiger partial charge in [-0.2, -0.15) is 0 Å². The second kappa shape index (κ2) is 7.32. The van der Waals surface area contributed by atoms with Crippen molar-refractivity contribution in [3.63, 3.8) is 0 Å². The van der Waals surface area contributed by atoms with Crippen LogP contribution in [0.3, 0.4) is 0 Å². The van der Waals surface area contributed by atoms with Gasteiger partial charge in [0.1, 0.15) is 0 Å². The molecule has 1 atom stereocenters. The van der Waals surface area contributed by atoms with Crippen LogP contribution < -0.4 is 5.73 Å². The summed E-state index contributed by atoms with van der Waals surface area (Å²) in [5, 5.41) is 0.786. The van der Waals surface area contributed by atoms with Gasteiger partial charge in [0.2, 0.25) is 0 Å². The lowest BCUT2D eigenvalue weighted by Gasteiger charge is -2.11. The van der Waals surface area contributed by atoms with Gasteiger partial charge in [-0.15, -0.1) is 0 Å². The molecule has 0 aliphatic rings. The van der Waals surface area contributed by atoms with Crippen molar-refractivity contribution in [3.05, 3.63) is 70.7 Å². The van der Waals surface area contributed by atoms with E-state index < -0.39 is 0 Å². The van der Waals surface area contributed by atoms with Crippen LogP contribution in [0.1, 0.15) is 24.0 Å². The van der Waals surface area contributed by atoms with Crippen LogP contribution in [-0.2, 0) is 12.8 Å². The second-order valence-electron chi connectivity index (χ2n) is 4.97.